The van der Waals surface area contributed by atoms with Crippen LogP contribution in [0.1, 0.15) is 149 Å². The fourth-order valence-corrected chi connectivity index (χ4v) is 3.16. The van der Waals surface area contributed by atoms with Gasteiger partial charge in [0.05, 0.1) is 0 Å². The number of aliphatic hydroxyl groups excluding tert-OH is 1. The van der Waals surface area contributed by atoms with Crippen LogP contribution < -0.4 is 0 Å². The summed E-state index contributed by atoms with van der Waals surface area (Å²) in [5.41, 5.74) is 0. The molecule has 198 valence electrons. The maximum Gasteiger partial charge on any atom is 0.394 e. The number of hydrogen-bond donors (Lipinski definition) is 3. The van der Waals surface area contributed by atoms with Crippen LogP contribution >= 0.6 is 0 Å². The van der Waals surface area contributed by atoms with Gasteiger partial charge in [0.25, 0.3) is 0 Å². The van der Waals surface area contributed by atoms with Gasteiger partial charge in [0, 0.05) is 6.61 Å². The first kappa shape index (κ1) is 38.8. The predicted molar refractivity (Wildman–Crippen MR) is 142 cm³/mol. The fourth-order valence-electron chi connectivity index (χ4n) is 3.16. The van der Waals surface area contributed by atoms with E-state index in [2.05, 4.69) is 33.9 Å². The van der Waals surface area contributed by atoms with Crippen molar-refractivity contribution in [1.82, 2.24) is 0 Å². The van der Waals surface area contributed by atoms with E-state index in [-0.39, 0.29) is 0 Å². The summed E-state index contributed by atoms with van der Waals surface area (Å²) in [6.07, 6.45) is 27.7. The molecule has 0 aromatic carbocycles. The van der Waals surface area contributed by atoms with E-state index in [1.807, 2.05) is 0 Å². The SMILES string of the molecule is C=C.CCCCCCCCCCCC.CCCCCCCCCCCCO.O=S(=O)(O)O. The first-order chi connectivity index (χ1) is 15.3. The van der Waals surface area contributed by atoms with Gasteiger partial charge < -0.3 is 5.11 Å². The lowest BCUT2D eigenvalue weighted by Crippen LogP contribution is -1.89. The van der Waals surface area contributed by atoms with Crippen LogP contribution in [0.15, 0.2) is 13.2 Å². The van der Waals surface area contributed by atoms with Gasteiger partial charge in [-0.25, -0.2) is 0 Å². The molecule has 5 nitrogen and oxygen atoms in total. The first-order valence-electron chi connectivity index (χ1n) is 13.1. The Morgan fingerprint density at radius 1 is 0.469 bits per heavy atom. The highest BCUT2D eigenvalue weighted by Crippen LogP contribution is 2.10. The molecule has 0 rings (SSSR count). The van der Waals surface area contributed by atoms with E-state index in [1.54, 1.807) is 0 Å². The summed E-state index contributed by atoms with van der Waals surface area (Å²) in [5.74, 6) is 0. The molecule has 0 amide bonds. The Labute approximate surface area is 202 Å². The monoisotopic (exact) mass is 482 g/mol. The van der Waals surface area contributed by atoms with Crippen molar-refractivity contribution in [3.05, 3.63) is 13.2 Å². The standard InChI is InChI=1S/C12H26O.C12H26.C2H4.H2O4S/c1-2-3-4-5-6-7-8-9-10-11-12-13;1-3-5-7-9-11-12-10-8-6-4-2;1-2;1-5(2,3)4/h13H,2-12H2,1H3;3-12H2,1-2H3;1-2H2;(H2,1,2,3,4). The van der Waals surface area contributed by atoms with Crippen molar-refractivity contribution in [2.45, 2.75) is 149 Å². The molecule has 0 atom stereocenters. The second kappa shape index (κ2) is 37.9. The van der Waals surface area contributed by atoms with Crippen molar-refractivity contribution in [3.8, 4) is 0 Å². The van der Waals surface area contributed by atoms with Gasteiger partial charge in [0.2, 0.25) is 0 Å². The highest BCUT2D eigenvalue weighted by atomic mass is 32.3. The average molecular weight is 483 g/mol. The maximum atomic E-state index is 8.74. The van der Waals surface area contributed by atoms with Crippen molar-refractivity contribution in [2.24, 2.45) is 0 Å². The molecule has 0 saturated carbocycles. The summed E-state index contributed by atoms with van der Waals surface area (Å²) >= 11 is 0. The van der Waals surface area contributed by atoms with E-state index in [4.69, 9.17) is 22.6 Å². The molecular formula is C26H58O5S. The van der Waals surface area contributed by atoms with Crippen LogP contribution in [0.3, 0.4) is 0 Å². The Morgan fingerprint density at radius 2 is 0.625 bits per heavy atom. The van der Waals surface area contributed by atoms with Crippen molar-refractivity contribution in [1.29, 1.82) is 0 Å². The summed E-state index contributed by atoms with van der Waals surface area (Å²) in [5, 5.41) is 8.57. The molecule has 0 aromatic heterocycles. The largest absolute Gasteiger partial charge is 0.396 e. The van der Waals surface area contributed by atoms with Crippen LogP contribution in [0.5, 0.6) is 0 Å². The maximum absolute atomic E-state index is 8.74. The molecule has 0 heterocycles. The minimum Gasteiger partial charge on any atom is -0.396 e. The predicted octanol–water partition coefficient (Wildman–Crippen LogP) is 8.98. The molecule has 32 heavy (non-hydrogen) atoms. The molecule has 0 saturated heterocycles. The summed E-state index contributed by atoms with van der Waals surface area (Å²) in [7, 11) is -4.67. The highest BCUT2D eigenvalue weighted by molar-refractivity contribution is 7.79. The molecule has 0 radical (unpaired) electrons. The lowest BCUT2D eigenvalue weighted by Gasteiger charge is -2.00. The van der Waals surface area contributed by atoms with Crippen LogP contribution in [0.4, 0.5) is 0 Å². The number of aliphatic hydroxyl groups is 1. The van der Waals surface area contributed by atoms with Crippen LogP contribution in [-0.2, 0) is 10.4 Å². The molecule has 3 N–H and O–H groups in total. The van der Waals surface area contributed by atoms with E-state index < -0.39 is 10.4 Å². The molecule has 0 fully saturated rings. The van der Waals surface area contributed by atoms with Gasteiger partial charge in [-0.2, -0.15) is 8.42 Å². The van der Waals surface area contributed by atoms with Crippen LogP contribution in [0, 0.1) is 0 Å². The number of rotatable bonds is 19. The third-order valence-corrected chi connectivity index (χ3v) is 4.97. The highest BCUT2D eigenvalue weighted by Gasteiger charge is 1.91. The Hall–Kier alpha value is -0.430. The van der Waals surface area contributed by atoms with Gasteiger partial charge >= 0.3 is 10.4 Å². The second-order valence-corrected chi connectivity index (χ2v) is 9.08. The summed E-state index contributed by atoms with van der Waals surface area (Å²) < 4.78 is 31.6. The van der Waals surface area contributed by atoms with Gasteiger partial charge in [-0.05, 0) is 6.42 Å². The Kier molecular flexibility index (Phi) is 45.9. The zero-order chi connectivity index (χ0) is 25.3. The van der Waals surface area contributed by atoms with Crippen molar-refractivity contribution in [3.63, 3.8) is 0 Å². The minimum atomic E-state index is -4.67. The summed E-state index contributed by atoms with van der Waals surface area (Å²) in [4.78, 5) is 0. The fraction of sp³-hybridized carbons (Fsp3) is 0.923. The van der Waals surface area contributed by atoms with E-state index in [9.17, 15) is 0 Å². The van der Waals surface area contributed by atoms with Crippen molar-refractivity contribution in [2.75, 3.05) is 6.61 Å². The third-order valence-electron chi connectivity index (χ3n) is 4.97. The topological polar surface area (TPSA) is 94.8 Å². The summed E-state index contributed by atoms with van der Waals surface area (Å²) in [6.45, 7) is 13.2. The van der Waals surface area contributed by atoms with Crippen LogP contribution in [0.2, 0.25) is 0 Å². The van der Waals surface area contributed by atoms with E-state index >= 15 is 0 Å². The van der Waals surface area contributed by atoms with Crippen LogP contribution in [-0.4, -0.2) is 29.2 Å². The zero-order valence-corrected chi connectivity index (χ0v) is 22.6. The lowest BCUT2D eigenvalue weighted by atomic mass is 10.1. The van der Waals surface area contributed by atoms with Crippen molar-refractivity contribution < 1.29 is 22.6 Å². The Morgan fingerprint density at radius 3 is 0.781 bits per heavy atom. The van der Waals surface area contributed by atoms with E-state index in [1.165, 1.54) is 122 Å². The summed E-state index contributed by atoms with van der Waals surface area (Å²) in [6, 6.07) is 0. The van der Waals surface area contributed by atoms with Gasteiger partial charge in [0.1, 0.15) is 0 Å². The van der Waals surface area contributed by atoms with E-state index in [0.29, 0.717) is 6.61 Å². The number of hydrogen-bond acceptors (Lipinski definition) is 3. The molecule has 0 bridgehead atoms. The van der Waals surface area contributed by atoms with Gasteiger partial charge in [0.15, 0.2) is 0 Å². The molecule has 0 aromatic rings. The van der Waals surface area contributed by atoms with Gasteiger partial charge in [-0.1, -0.05) is 143 Å². The molecule has 6 heteroatoms. The van der Waals surface area contributed by atoms with Crippen LogP contribution in [0.25, 0.3) is 0 Å². The van der Waals surface area contributed by atoms with E-state index in [0.717, 1.165) is 6.42 Å². The quantitative estimate of drug-likeness (QED) is 0.0969. The minimum absolute atomic E-state index is 0.372. The zero-order valence-electron chi connectivity index (χ0n) is 21.8. The van der Waals surface area contributed by atoms with Crippen molar-refractivity contribution >= 4 is 10.4 Å². The molecule has 0 spiro atoms. The Balaban J connectivity index is -0.000000191. The molecule has 0 aliphatic rings. The molecule has 0 aliphatic heterocycles. The van der Waals surface area contributed by atoms with Gasteiger partial charge in [-0.3, -0.25) is 9.11 Å². The normalized spacial score (nSPS) is 10.2. The lowest BCUT2D eigenvalue weighted by molar-refractivity contribution is 0.282. The number of unbranched alkanes of at least 4 members (excludes halogenated alkanes) is 18. The first-order valence-corrected chi connectivity index (χ1v) is 14.5. The third kappa shape index (κ3) is 70.0. The molecule has 0 unspecified atom stereocenters. The average Bonchev–Trinajstić information content (AvgIpc) is 2.75. The molecule has 0 aliphatic carbocycles. The Bertz CT molecular complexity index is 358. The van der Waals surface area contributed by atoms with Gasteiger partial charge in [-0.15, -0.1) is 13.2 Å². The molecular weight excluding hydrogens is 424 g/mol. The smallest absolute Gasteiger partial charge is 0.394 e. The second-order valence-electron chi connectivity index (χ2n) is 8.18.